The lowest BCUT2D eigenvalue weighted by molar-refractivity contribution is 0.0740. The average molecular weight is 349 g/mol. The molecule has 0 saturated carbocycles. The van der Waals surface area contributed by atoms with Gasteiger partial charge in [-0.1, -0.05) is 35.3 Å². The number of fused-ring (bicyclic) bond motifs is 1. The van der Waals surface area contributed by atoms with Crippen LogP contribution in [0.4, 0.5) is 0 Å². The van der Waals surface area contributed by atoms with Crippen molar-refractivity contribution in [1.82, 2.24) is 9.97 Å². The Morgan fingerprint density at radius 3 is 2.43 bits per heavy atom. The van der Waals surface area contributed by atoms with Gasteiger partial charge in [-0.3, -0.25) is 9.59 Å². The summed E-state index contributed by atoms with van der Waals surface area (Å²) >= 11 is 11.6. The van der Waals surface area contributed by atoms with Crippen molar-refractivity contribution in [3.63, 3.8) is 0 Å². The summed E-state index contributed by atoms with van der Waals surface area (Å²) in [6.07, 6.45) is -1.49. The number of rotatable bonds is 3. The van der Waals surface area contributed by atoms with Gasteiger partial charge >= 0.3 is 0 Å². The summed E-state index contributed by atoms with van der Waals surface area (Å²) in [6.45, 7) is 0. The fraction of sp³-hybridized carbons (Fsp3) is 0.0625. The standard InChI is InChI=1S/C16H10Cl2N2O3/c17-9-3-1-8(2-4-9)14(21)15(22)13-16(23)20-12-7-10(18)5-6-11(12)19-13/h1-7,14,21H,(H,20,23)/t14-/m1/s1. The Hall–Kier alpha value is -2.21. The number of hydrogen-bond donors (Lipinski definition) is 2. The molecular weight excluding hydrogens is 339 g/mol. The van der Waals surface area contributed by atoms with Gasteiger partial charge in [-0.15, -0.1) is 0 Å². The molecule has 0 aliphatic carbocycles. The predicted molar refractivity (Wildman–Crippen MR) is 88.1 cm³/mol. The number of nitrogens with zero attached hydrogens (tertiary/aromatic N) is 1. The number of aliphatic hydroxyl groups excluding tert-OH is 1. The highest BCUT2D eigenvalue weighted by Gasteiger charge is 2.23. The minimum absolute atomic E-state index is 0.330. The lowest BCUT2D eigenvalue weighted by atomic mass is 10.0. The number of Topliss-reactive ketones (excluding diaryl/α,β-unsaturated/α-hetero) is 1. The lowest BCUT2D eigenvalue weighted by Gasteiger charge is -2.09. The molecule has 3 aromatic rings. The van der Waals surface area contributed by atoms with Crippen LogP contribution in [0.2, 0.25) is 10.0 Å². The van der Waals surface area contributed by atoms with Crippen LogP contribution in [0.1, 0.15) is 22.2 Å². The molecule has 0 spiro atoms. The highest BCUT2D eigenvalue weighted by molar-refractivity contribution is 6.31. The first-order chi connectivity index (χ1) is 11.0. The molecule has 5 nitrogen and oxygen atoms in total. The number of benzene rings is 2. The quantitative estimate of drug-likeness (QED) is 0.712. The molecule has 3 rings (SSSR count). The Morgan fingerprint density at radius 2 is 1.74 bits per heavy atom. The minimum atomic E-state index is -1.49. The molecule has 1 atom stereocenters. The molecule has 2 aromatic carbocycles. The minimum Gasteiger partial charge on any atom is -0.380 e. The molecule has 0 bridgehead atoms. The maximum Gasteiger partial charge on any atom is 0.278 e. The smallest absolute Gasteiger partial charge is 0.278 e. The topological polar surface area (TPSA) is 83.0 Å². The third kappa shape index (κ3) is 3.12. The van der Waals surface area contributed by atoms with Gasteiger partial charge < -0.3 is 10.1 Å². The van der Waals surface area contributed by atoms with Gasteiger partial charge in [0.2, 0.25) is 5.78 Å². The molecule has 0 aliphatic heterocycles. The highest BCUT2D eigenvalue weighted by atomic mass is 35.5. The molecule has 0 unspecified atom stereocenters. The van der Waals surface area contributed by atoms with E-state index in [1.165, 1.54) is 18.2 Å². The second-order valence-corrected chi connectivity index (χ2v) is 5.77. The fourth-order valence-electron chi connectivity index (χ4n) is 2.15. The van der Waals surface area contributed by atoms with E-state index in [1.54, 1.807) is 24.3 Å². The molecule has 1 aromatic heterocycles. The van der Waals surface area contributed by atoms with Crippen molar-refractivity contribution in [1.29, 1.82) is 0 Å². The van der Waals surface area contributed by atoms with E-state index in [-0.39, 0.29) is 5.69 Å². The first-order valence-corrected chi connectivity index (χ1v) is 7.38. The molecule has 0 amide bonds. The number of aromatic nitrogens is 2. The van der Waals surface area contributed by atoms with Crippen LogP contribution >= 0.6 is 23.2 Å². The maximum atomic E-state index is 12.4. The Kier molecular flexibility index (Phi) is 4.17. The van der Waals surface area contributed by atoms with Gasteiger partial charge in [-0.05, 0) is 35.9 Å². The van der Waals surface area contributed by atoms with E-state index in [1.807, 2.05) is 0 Å². The van der Waals surface area contributed by atoms with Gasteiger partial charge in [-0.2, -0.15) is 0 Å². The molecule has 0 saturated heterocycles. The van der Waals surface area contributed by atoms with Crippen LogP contribution < -0.4 is 5.56 Å². The van der Waals surface area contributed by atoms with E-state index in [0.717, 1.165) is 0 Å². The number of aromatic amines is 1. The van der Waals surface area contributed by atoms with Crippen LogP contribution in [0.5, 0.6) is 0 Å². The summed E-state index contributed by atoms with van der Waals surface area (Å²) in [4.78, 5) is 31.0. The lowest BCUT2D eigenvalue weighted by Crippen LogP contribution is -2.24. The Bertz CT molecular complexity index is 952. The number of aliphatic hydroxyl groups is 1. The summed E-state index contributed by atoms with van der Waals surface area (Å²) in [5.41, 5.74) is 0.109. The highest BCUT2D eigenvalue weighted by Crippen LogP contribution is 2.20. The van der Waals surface area contributed by atoms with Crippen molar-refractivity contribution in [3.8, 4) is 0 Å². The zero-order valence-corrected chi connectivity index (χ0v) is 13.1. The van der Waals surface area contributed by atoms with Crippen molar-refractivity contribution in [2.75, 3.05) is 0 Å². The largest absolute Gasteiger partial charge is 0.380 e. The van der Waals surface area contributed by atoms with E-state index in [0.29, 0.717) is 26.6 Å². The van der Waals surface area contributed by atoms with Crippen molar-refractivity contribution in [2.24, 2.45) is 0 Å². The maximum absolute atomic E-state index is 12.4. The number of halogens is 2. The molecule has 23 heavy (non-hydrogen) atoms. The molecule has 2 N–H and O–H groups in total. The normalized spacial score (nSPS) is 12.3. The molecule has 0 fully saturated rings. The van der Waals surface area contributed by atoms with Crippen molar-refractivity contribution >= 4 is 40.0 Å². The van der Waals surface area contributed by atoms with E-state index < -0.39 is 17.4 Å². The van der Waals surface area contributed by atoms with E-state index in [4.69, 9.17) is 23.2 Å². The third-order valence-electron chi connectivity index (χ3n) is 3.32. The third-order valence-corrected chi connectivity index (χ3v) is 3.81. The van der Waals surface area contributed by atoms with E-state index in [9.17, 15) is 14.7 Å². The van der Waals surface area contributed by atoms with Crippen molar-refractivity contribution in [3.05, 3.63) is 74.1 Å². The SMILES string of the molecule is O=C(c1nc2ccc(Cl)cc2[nH]c1=O)[C@H](O)c1ccc(Cl)cc1. The second-order valence-electron chi connectivity index (χ2n) is 4.89. The van der Waals surface area contributed by atoms with Crippen LogP contribution in [0, 0.1) is 0 Å². The number of ketones is 1. The summed E-state index contributed by atoms with van der Waals surface area (Å²) in [5, 5.41) is 11.1. The Morgan fingerprint density at radius 1 is 1.09 bits per heavy atom. The molecule has 0 aliphatic rings. The van der Waals surface area contributed by atoms with Gasteiger partial charge in [0.15, 0.2) is 5.69 Å². The van der Waals surface area contributed by atoms with Crippen molar-refractivity contribution in [2.45, 2.75) is 6.10 Å². The van der Waals surface area contributed by atoms with Crippen LogP contribution in [-0.2, 0) is 0 Å². The summed E-state index contributed by atoms with van der Waals surface area (Å²) in [5.74, 6) is -0.787. The number of hydrogen-bond acceptors (Lipinski definition) is 4. The molecule has 0 radical (unpaired) electrons. The Balaban J connectivity index is 2.03. The fourth-order valence-corrected chi connectivity index (χ4v) is 2.45. The monoisotopic (exact) mass is 348 g/mol. The molecule has 1 heterocycles. The first kappa shape index (κ1) is 15.7. The van der Waals surface area contributed by atoms with Gasteiger partial charge in [0.1, 0.15) is 6.10 Å². The van der Waals surface area contributed by atoms with Gasteiger partial charge in [0, 0.05) is 10.0 Å². The van der Waals surface area contributed by atoms with Crippen molar-refractivity contribution < 1.29 is 9.90 Å². The zero-order chi connectivity index (χ0) is 16.6. The summed E-state index contributed by atoms with van der Waals surface area (Å²) < 4.78 is 0. The van der Waals surface area contributed by atoms with Crippen LogP contribution in [-0.4, -0.2) is 20.9 Å². The Labute approximate surface area is 140 Å². The van der Waals surface area contributed by atoms with E-state index in [2.05, 4.69) is 9.97 Å². The number of carbonyl (C=O) groups excluding carboxylic acids is 1. The van der Waals surface area contributed by atoms with Crippen LogP contribution in [0.15, 0.2) is 47.3 Å². The van der Waals surface area contributed by atoms with Gasteiger partial charge in [0.05, 0.1) is 11.0 Å². The zero-order valence-electron chi connectivity index (χ0n) is 11.6. The summed E-state index contributed by atoms with van der Waals surface area (Å²) in [6, 6.07) is 10.8. The molecular formula is C16H10Cl2N2O3. The van der Waals surface area contributed by atoms with Gasteiger partial charge in [-0.25, -0.2) is 4.98 Å². The number of nitrogens with one attached hydrogen (secondary N) is 1. The van der Waals surface area contributed by atoms with Gasteiger partial charge in [0.25, 0.3) is 5.56 Å². The first-order valence-electron chi connectivity index (χ1n) is 6.63. The molecule has 116 valence electrons. The van der Waals surface area contributed by atoms with Crippen LogP contribution in [0.3, 0.4) is 0 Å². The number of H-pyrrole nitrogens is 1. The van der Waals surface area contributed by atoms with Crippen LogP contribution in [0.25, 0.3) is 11.0 Å². The van der Waals surface area contributed by atoms with E-state index >= 15 is 0 Å². The number of carbonyl (C=O) groups is 1. The predicted octanol–water partition coefficient (Wildman–Crippen LogP) is 3.15. The second kappa shape index (κ2) is 6.12. The average Bonchev–Trinajstić information content (AvgIpc) is 2.53. The summed E-state index contributed by atoms with van der Waals surface area (Å²) in [7, 11) is 0. The molecule has 7 heteroatoms.